The second-order valence-corrected chi connectivity index (χ2v) is 4.67. The number of aromatic amines is 1. The molecule has 0 saturated carbocycles. The summed E-state index contributed by atoms with van der Waals surface area (Å²) in [7, 11) is 0. The molecule has 3 nitrogen and oxygen atoms in total. The molecule has 1 fully saturated rings. The smallest absolute Gasteiger partial charge is 0.204 e. The molecule has 0 amide bonds. The zero-order valence-corrected chi connectivity index (χ0v) is 8.98. The van der Waals surface area contributed by atoms with E-state index < -0.39 is 0 Å². The lowest BCUT2D eigenvalue weighted by molar-refractivity contribution is 0.103. The van der Waals surface area contributed by atoms with Crippen LogP contribution in [0.2, 0.25) is 0 Å². The van der Waals surface area contributed by atoms with Crippen LogP contribution >= 0.6 is 0 Å². The van der Waals surface area contributed by atoms with E-state index in [0.29, 0.717) is 0 Å². The number of aryl methyl sites for hydroxylation is 1. The number of nitrogens with one attached hydrogen (secondary N) is 2. The Morgan fingerprint density at radius 3 is 3.07 bits per heavy atom. The molecule has 2 heterocycles. The number of allylic oxidation sites excluding steroid dienone is 2. The van der Waals surface area contributed by atoms with E-state index in [4.69, 9.17) is 0 Å². The fraction of sp³-hybridized carbons (Fsp3) is 0.417. The molecule has 1 aromatic rings. The van der Waals surface area contributed by atoms with Gasteiger partial charge in [-0.1, -0.05) is 0 Å². The van der Waals surface area contributed by atoms with Gasteiger partial charge in [-0.25, -0.2) is 0 Å². The van der Waals surface area contributed by atoms with Gasteiger partial charge in [-0.2, -0.15) is 0 Å². The molecular formula is C12H14N2O. The number of ketones is 1. The zero-order chi connectivity index (χ0) is 10.6. The fourth-order valence-corrected chi connectivity index (χ4v) is 2.69. The van der Waals surface area contributed by atoms with Crippen molar-refractivity contribution in [1.82, 2.24) is 10.3 Å². The Morgan fingerprint density at radius 1 is 1.47 bits per heavy atom. The van der Waals surface area contributed by atoms with E-state index >= 15 is 0 Å². The second-order valence-electron chi connectivity index (χ2n) is 4.67. The van der Waals surface area contributed by atoms with Gasteiger partial charge in [-0.3, -0.25) is 4.79 Å². The summed E-state index contributed by atoms with van der Waals surface area (Å²) >= 11 is 0. The molecule has 0 bridgehead atoms. The number of rotatable bonds is 0. The molecule has 3 heteroatoms. The SMILES string of the molecule is Cc1cc2c([nH]1)C(=O)C=C1NCC[C@@]12C. The van der Waals surface area contributed by atoms with Crippen LogP contribution in [0.1, 0.15) is 35.1 Å². The Bertz CT molecular complexity index is 484. The lowest BCUT2D eigenvalue weighted by atomic mass is 9.75. The maximum Gasteiger partial charge on any atom is 0.204 e. The van der Waals surface area contributed by atoms with Crippen molar-refractivity contribution in [3.8, 4) is 0 Å². The minimum absolute atomic E-state index is 0.0218. The van der Waals surface area contributed by atoms with Gasteiger partial charge in [0.1, 0.15) is 0 Å². The largest absolute Gasteiger partial charge is 0.387 e. The maximum atomic E-state index is 11.8. The van der Waals surface area contributed by atoms with Gasteiger partial charge in [-0.15, -0.1) is 0 Å². The van der Waals surface area contributed by atoms with E-state index in [-0.39, 0.29) is 11.2 Å². The molecule has 1 aromatic heterocycles. The van der Waals surface area contributed by atoms with Gasteiger partial charge >= 0.3 is 0 Å². The predicted octanol–water partition coefficient (Wildman–Crippen LogP) is 1.65. The molecular weight excluding hydrogens is 188 g/mol. The average molecular weight is 202 g/mol. The van der Waals surface area contributed by atoms with E-state index in [1.807, 2.05) is 6.92 Å². The van der Waals surface area contributed by atoms with E-state index in [1.165, 1.54) is 0 Å². The summed E-state index contributed by atoms with van der Waals surface area (Å²) in [6.45, 7) is 5.16. The van der Waals surface area contributed by atoms with Crippen LogP contribution < -0.4 is 5.32 Å². The minimum atomic E-state index is 0.0218. The van der Waals surface area contributed by atoms with Crippen molar-refractivity contribution in [2.75, 3.05) is 6.54 Å². The lowest BCUT2D eigenvalue weighted by Crippen LogP contribution is -2.29. The molecule has 2 aliphatic rings. The molecule has 78 valence electrons. The average Bonchev–Trinajstić information content (AvgIpc) is 2.71. The number of carbonyl (C=O) groups is 1. The molecule has 1 aliphatic heterocycles. The van der Waals surface area contributed by atoms with Crippen molar-refractivity contribution >= 4 is 5.78 Å². The van der Waals surface area contributed by atoms with Gasteiger partial charge in [0.05, 0.1) is 5.69 Å². The molecule has 1 saturated heterocycles. The highest BCUT2D eigenvalue weighted by molar-refractivity contribution is 6.07. The lowest BCUT2D eigenvalue weighted by Gasteiger charge is -2.28. The summed E-state index contributed by atoms with van der Waals surface area (Å²) in [4.78, 5) is 15.0. The molecule has 0 radical (unpaired) electrons. The number of H-pyrrole nitrogens is 1. The van der Waals surface area contributed by atoms with Crippen molar-refractivity contribution < 1.29 is 4.79 Å². The molecule has 0 spiro atoms. The summed E-state index contributed by atoms with van der Waals surface area (Å²) in [5.41, 5.74) is 4.11. The van der Waals surface area contributed by atoms with E-state index in [1.54, 1.807) is 6.08 Å². The van der Waals surface area contributed by atoms with Gasteiger partial charge in [0.15, 0.2) is 0 Å². The van der Waals surface area contributed by atoms with Crippen LogP contribution in [-0.4, -0.2) is 17.3 Å². The molecule has 3 rings (SSSR count). The topological polar surface area (TPSA) is 44.9 Å². The first-order chi connectivity index (χ1) is 7.11. The third-order valence-corrected chi connectivity index (χ3v) is 3.60. The van der Waals surface area contributed by atoms with E-state index in [9.17, 15) is 4.79 Å². The van der Waals surface area contributed by atoms with Gasteiger partial charge in [0.25, 0.3) is 0 Å². The number of hydrogen-bond acceptors (Lipinski definition) is 2. The number of hydrogen-bond donors (Lipinski definition) is 2. The van der Waals surface area contributed by atoms with Crippen LogP contribution in [0.4, 0.5) is 0 Å². The standard InChI is InChI=1S/C12H14N2O/c1-7-5-8-11(14-7)9(15)6-10-12(8,2)3-4-13-10/h5-6,13-14H,3-4H2,1-2H3/t12-/m1/s1. The summed E-state index contributed by atoms with van der Waals surface area (Å²) in [6, 6.07) is 2.10. The monoisotopic (exact) mass is 202 g/mol. The Labute approximate surface area is 88.6 Å². The summed E-state index contributed by atoms with van der Waals surface area (Å²) in [5.74, 6) is 0.0972. The third kappa shape index (κ3) is 0.978. The normalized spacial score (nSPS) is 28.1. The highest BCUT2D eigenvalue weighted by Crippen LogP contribution is 2.42. The Morgan fingerprint density at radius 2 is 2.27 bits per heavy atom. The van der Waals surface area contributed by atoms with E-state index in [2.05, 4.69) is 23.3 Å². The third-order valence-electron chi connectivity index (χ3n) is 3.60. The maximum absolute atomic E-state index is 11.8. The first-order valence-corrected chi connectivity index (χ1v) is 5.32. The van der Waals surface area contributed by atoms with E-state index in [0.717, 1.165) is 35.6 Å². The molecule has 1 aliphatic carbocycles. The fourth-order valence-electron chi connectivity index (χ4n) is 2.69. The summed E-state index contributed by atoms with van der Waals surface area (Å²) < 4.78 is 0. The van der Waals surface area contributed by atoms with Crippen LogP contribution in [0.15, 0.2) is 17.8 Å². The summed E-state index contributed by atoms with van der Waals surface area (Å²) in [5, 5.41) is 3.31. The Kier molecular flexibility index (Phi) is 1.48. The van der Waals surface area contributed by atoms with Crippen molar-refractivity contribution in [2.45, 2.75) is 25.7 Å². The van der Waals surface area contributed by atoms with Crippen molar-refractivity contribution in [1.29, 1.82) is 0 Å². The predicted molar refractivity (Wildman–Crippen MR) is 57.9 cm³/mol. The molecule has 15 heavy (non-hydrogen) atoms. The molecule has 2 N–H and O–H groups in total. The zero-order valence-electron chi connectivity index (χ0n) is 8.98. The van der Waals surface area contributed by atoms with Crippen molar-refractivity contribution in [3.63, 3.8) is 0 Å². The highest BCUT2D eigenvalue weighted by Gasteiger charge is 2.42. The first kappa shape index (κ1) is 8.77. The van der Waals surface area contributed by atoms with Crippen LogP contribution in [0.3, 0.4) is 0 Å². The summed E-state index contributed by atoms with van der Waals surface area (Å²) in [6.07, 6.45) is 2.81. The first-order valence-electron chi connectivity index (χ1n) is 5.32. The Balaban J connectivity index is 2.28. The second kappa shape index (κ2) is 2.54. The van der Waals surface area contributed by atoms with Crippen molar-refractivity contribution in [2.24, 2.45) is 0 Å². The van der Waals surface area contributed by atoms with Crippen LogP contribution in [0, 0.1) is 6.92 Å². The van der Waals surface area contributed by atoms with Gasteiger partial charge in [0.2, 0.25) is 5.78 Å². The van der Waals surface area contributed by atoms with Crippen LogP contribution in [0.25, 0.3) is 0 Å². The number of aromatic nitrogens is 1. The van der Waals surface area contributed by atoms with Gasteiger partial charge < -0.3 is 10.3 Å². The van der Waals surface area contributed by atoms with Gasteiger partial charge in [0, 0.05) is 29.4 Å². The number of carbonyl (C=O) groups excluding carboxylic acids is 1. The van der Waals surface area contributed by atoms with Crippen LogP contribution in [-0.2, 0) is 5.41 Å². The van der Waals surface area contributed by atoms with Crippen molar-refractivity contribution in [3.05, 3.63) is 34.8 Å². The van der Waals surface area contributed by atoms with Gasteiger partial charge in [-0.05, 0) is 31.9 Å². The minimum Gasteiger partial charge on any atom is -0.387 e. The number of fused-ring (bicyclic) bond motifs is 3. The molecule has 0 unspecified atom stereocenters. The molecule has 1 atom stereocenters. The Hall–Kier alpha value is -1.51. The quantitative estimate of drug-likeness (QED) is 0.672. The molecule has 0 aromatic carbocycles. The van der Waals surface area contributed by atoms with Crippen LogP contribution in [0.5, 0.6) is 0 Å². The highest BCUT2D eigenvalue weighted by atomic mass is 16.1.